The van der Waals surface area contributed by atoms with Crippen molar-refractivity contribution in [1.82, 2.24) is 0 Å². The summed E-state index contributed by atoms with van der Waals surface area (Å²) in [7, 11) is 1.53. The maximum atomic E-state index is 12.0. The first-order valence-electron chi connectivity index (χ1n) is 5.26. The molecule has 1 aromatic rings. The van der Waals surface area contributed by atoms with Crippen LogP contribution >= 0.6 is 45.2 Å². The molecule has 0 heterocycles. The molecule has 0 N–H and O–H groups in total. The molecule has 0 radical (unpaired) electrons. The van der Waals surface area contributed by atoms with E-state index in [0.29, 0.717) is 5.56 Å². The summed E-state index contributed by atoms with van der Waals surface area (Å²) in [5.41, 5.74) is 0.527. The van der Waals surface area contributed by atoms with Crippen molar-refractivity contribution >= 4 is 60.0 Å². The third-order valence-corrected chi connectivity index (χ3v) is 7.94. The average molecular weight is 508 g/mol. The van der Waals surface area contributed by atoms with Crippen molar-refractivity contribution in [2.24, 2.45) is 0 Å². The van der Waals surface area contributed by atoms with Crippen LogP contribution in [0.2, 0.25) is 0 Å². The second-order valence-corrected chi connectivity index (χ2v) is 8.59. The molecule has 8 heteroatoms. The Morgan fingerprint density at radius 1 is 1.16 bits per heavy atom. The Kier molecular flexibility index (Phi) is 7.17. The molecule has 0 atom stereocenters. The van der Waals surface area contributed by atoms with E-state index < -0.39 is 14.8 Å². The summed E-state index contributed by atoms with van der Waals surface area (Å²) in [4.78, 5) is 12.0. The number of hydrogen-bond donors (Lipinski definition) is 0. The summed E-state index contributed by atoms with van der Waals surface area (Å²) < 4.78 is 22.7. The monoisotopic (exact) mass is 508 g/mol. The van der Waals surface area contributed by atoms with E-state index in [1.54, 1.807) is 6.07 Å². The van der Waals surface area contributed by atoms with Gasteiger partial charge in [0.15, 0.2) is 6.23 Å². The molecule has 0 unspecified atom stereocenters. The first-order valence-corrected chi connectivity index (χ1v) is 9.35. The number of esters is 1. The van der Waals surface area contributed by atoms with Crippen LogP contribution in [0.15, 0.2) is 18.2 Å². The van der Waals surface area contributed by atoms with Crippen LogP contribution in [0.5, 0.6) is 0 Å². The van der Waals surface area contributed by atoms with Gasteiger partial charge in [0.25, 0.3) is 0 Å². The highest BCUT2D eigenvalue weighted by Crippen LogP contribution is 2.20. The molecule has 0 aromatic heterocycles. The fourth-order valence-corrected chi connectivity index (χ4v) is 3.56. The molecule has 0 aliphatic rings. The minimum atomic E-state index is -2.89. The van der Waals surface area contributed by atoms with E-state index in [9.17, 15) is 4.79 Å². The van der Waals surface area contributed by atoms with Gasteiger partial charge in [0, 0.05) is 28.5 Å². The lowest BCUT2D eigenvalue weighted by Gasteiger charge is -2.23. The summed E-state index contributed by atoms with van der Waals surface area (Å²) in [5.74, 6) is -0.411. The Hall–Kier alpha value is 0.247. The molecule has 19 heavy (non-hydrogen) atoms. The van der Waals surface area contributed by atoms with Gasteiger partial charge in [-0.3, -0.25) is 0 Å². The summed E-state index contributed by atoms with van der Waals surface area (Å²) in [5, 5.41) is 0. The van der Waals surface area contributed by atoms with E-state index in [0.717, 1.165) is 7.14 Å². The van der Waals surface area contributed by atoms with Gasteiger partial charge in [-0.05, 0) is 57.3 Å². The van der Waals surface area contributed by atoms with Crippen LogP contribution in [0, 0.1) is 7.14 Å². The maximum Gasteiger partial charge on any atom is 0.539 e. The summed E-state index contributed by atoms with van der Waals surface area (Å²) in [6, 6.07) is 5.47. The van der Waals surface area contributed by atoms with Gasteiger partial charge in [0.05, 0.1) is 5.56 Å². The lowest BCUT2D eigenvalue weighted by molar-refractivity contribution is 0.0396. The molecule has 0 bridgehead atoms. The van der Waals surface area contributed by atoms with Gasteiger partial charge in [0.2, 0.25) is 0 Å². The summed E-state index contributed by atoms with van der Waals surface area (Å²) in [6.45, 7) is 0. The van der Waals surface area contributed by atoms with Crippen molar-refractivity contribution in [3.8, 4) is 0 Å². The zero-order chi connectivity index (χ0) is 14.5. The van der Waals surface area contributed by atoms with Gasteiger partial charge < -0.3 is 18.0 Å². The van der Waals surface area contributed by atoms with Crippen molar-refractivity contribution < 1.29 is 22.8 Å². The third-order valence-electron chi connectivity index (χ3n) is 2.48. The molecule has 0 aliphatic carbocycles. The SMILES string of the molecule is CO[Si](COC(=O)c1cccc(I)c1I)(OC)OC. The molecule has 5 nitrogen and oxygen atoms in total. The molecule has 0 spiro atoms. The number of rotatable bonds is 6. The van der Waals surface area contributed by atoms with Crippen molar-refractivity contribution in [1.29, 1.82) is 0 Å². The standard InChI is InChI=1S/C11H14I2O5Si/c1-15-19(16-2,17-3)7-18-11(14)8-5-4-6-9(12)10(8)13/h4-6H,7H2,1-3H3. The van der Waals surface area contributed by atoms with E-state index in [4.69, 9.17) is 18.0 Å². The van der Waals surface area contributed by atoms with E-state index in [1.165, 1.54) is 21.3 Å². The molecule has 0 saturated heterocycles. The number of carbonyl (C=O) groups is 1. The molecule has 0 fully saturated rings. The Balaban J connectivity index is 2.78. The molecule has 1 rings (SSSR count). The van der Waals surface area contributed by atoms with Gasteiger partial charge >= 0.3 is 14.8 Å². The lowest BCUT2D eigenvalue weighted by atomic mass is 10.2. The van der Waals surface area contributed by atoms with E-state index in [-0.39, 0.29) is 6.23 Å². The van der Waals surface area contributed by atoms with Gasteiger partial charge in [0.1, 0.15) is 0 Å². The molecule has 1 aromatic carbocycles. The largest absolute Gasteiger partial charge is 0.539 e. The van der Waals surface area contributed by atoms with E-state index in [2.05, 4.69) is 45.2 Å². The molecular formula is C11H14I2O5Si. The lowest BCUT2D eigenvalue weighted by Crippen LogP contribution is -2.48. The molecule has 106 valence electrons. The minimum absolute atomic E-state index is 0.0170. The number of halogens is 2. The normalized spacial score (nSPS) is 11.4. The highest BCUT2D eigenvalue weighted by molar-refractivity contribution is 14.1. The summed E-state index contributed by atoms with van der Waals surface area (Å²) >= 11 is 4.29. The van der Waals surface area contributed by atoms with E-state index >= 15 is 0 Å². The molecule has 0 amide bonds. The Morgan fingerprint density at radius 2 is 1.74 bits per heavy atom. The Morgan fingerprint density at radius 3 is 2.26 bits per heavy atom. The predicted molar refractivity (Wildman–Crippen MR) is 88.9 cm³/mol. The van der Waals surface area contributed by atoms with Crippen molar-refractivity contribution in [2.75, 3.05) is 27.6 Å². The molecular weight excluding hydrogens is 494 g/mol. The average Bonchev–Trinajstić information content (AvgIpc) is 2.44. The number of hydrogen-bond acceptors (Lipinski definition) is 5. The molecule has 0 saturated carbocycles. The fourth-order valence-electron chi connectivity index (χ4n) is 1.32. The highest BCUT2D eigenvalue weighted by Gasteiger charge is 2.40. The van der Waals surface area contributed by atoms with Crippen LogP contribution in [0.1, 0.15) is 10.4 Å². The third kappa shape index (κ3) is 4.36. The Labute approximate surface area is 140 Å². The van der Waals surface area contributed by atoms with Crippen molar-refractivity contribution in [3.05, 3.63) is 30.9 Å². The van der Waals surface area contributed by atoms with Gasteiger partial charge in [-0.2, -0.15) is 0 Å². The first kappa shape index (κ1) is 17.3. The highest BCUT2D eigenvalue weighted by atomic mass is 127. The quantitative estimate of drug-likeness (QED) is 0.336. The topological polar surface area (TPSA) is 54.0 Å². The van der Waals surface area contributed by atoms with Crippen LogP contribution < -0.4 is 0 Å². The minimum Gasteiger partial charge on any atom is -0.457 e. The summed E-state index contributed by atoms with van der Waals surface area (Å²) in [6.07, 6.45) is -0.0170. The zero-order valence-corrected chi connectivity index (χ0v) is 16.1. The fraction of sp³-hybridized carbons (Fsp3) is 0.364. The predicted octanol–water partition coefficient (Wildman–Crippen LogP) is 2.47. The Bertz CT molecular complexity index is 442. The van der Waals surface area contributed by atoms with E-state index in [1.807, 2.05) is 12.1 Å². The van der Waals surface area contributed by atoms with Gasteiger partial charge in [-0.1, -0.05) is 6.07 Å². The van der Waals surface area contributed by atoms with Crippen LogP contribution in [0.3, 0.4) is 0 Å². The molecule has 0 aliphatic heterocycles. The number of ether oxygens (including phenoxy) is 1. The number of carbonyl (C=O) groups excluding carboxylic acids is 1. The van der Waals surface area contributed by atoms with Crippen LogP contribution in [0.25, 0.3) is 0 Å². The van der Waals surface area contributed by atoms with Gasteiger partial charge in [-0.15, -0.1) is 0 Å². The maximum absolute atomic E-state index is 12.0. The van der Waals surface area contributed by atoms with Gasteiger partial charge in [-0.25, -0.2) is 4.79 Å². The smallest absolute Gasteiger partial charge is 0.457 e. The number of benzene rings is 1. The zero-order valence-electron chi connectivity index (χ0n) is 10.7. The van der Waals surface area contributed by atoms with Crippen LogP contribution in [-0.2, 0) is 18.0 Å². The van der Waals surface area contributed by atoms with Crippen molar-refractivity contribution in [2.45, 2.75) is 0 Å². The first-order chi connectivity index (χ1) is 8.99. The van der Waals surface area contributed by atoms with Crippen molar-refractivity contribution in [3.63, 3.8) is 0 Å². The second-order valence-electron chi connectivity index (χ2n) is 3.47. The van der Waals surface area contributed by atoms with Crippen LogP contribution in [0.4, 0.5) is 0 Å². The van der Waals surface area contributed by atoms with Crippen LogP contribution in [-0.4, -0.2) is 42.3 Å². The second kappa shape index (κ2) is 7.88.